The standard InChI is InChI=1S/C15H19NO3/c17-11-13-8-4-5-9-14(13)19-15(18)16-10-12-6-2-1-3-7-12/h1-3,6-7,11,13-14H,4-5,8-10H2,(H,16,18)/t13-,14+/m0/s1. The first-order chi connectivity index (χ1) is 9.29. The number of carbonyl (C=O) groups is 2. The summed E-state index contributed by atoms with van der Waals surface area (Å²) in [7, 11) is 0. The Balaban J connectivity index is 1.79. The monoisotopic (exact) mass is 261 g/mol. The van der Waals surface area contributed by atoms with Crippen molar-refractivity contribution >= 4 is 12.4 Å². The van der Waals surface area contributed by atoms with Crippen LogP contribution in [0.2, 0.25) is 0 Å². The molecular formula is C15H19NO3. The van der Waals surface area contributed by atoms with Crippen molar-refractivity contribution in [1.82, 2.24) is 5.32 Å². The Hall–Kier alpha value is -1.84. The summed E-state index contributed by atoms with van der Waals surface area (Å²) in [5.41, 5.74) is 1.02. The number of amides is 1. The molecule has 1 amide bonds. The molecule has 1 fully saturated rings. The largest absolute Gasteiger partial charge is 0.445 e. The second kappa shape index (κ2) is 6.92. The van der Waals surface area contributed by atoms with Crippen LogP contribution in [0.5, 0.6) is 0 Å². The van der Waals surface area contributed by atoms with E-state index >= 15 is 0 Å². The van der Waals surface area contributed by atoms with Gasteiger partial charge in [0.25, 0.3) is 0 Å². The molecule has 1 aromatic rings. The van der Waals surface area contributed by atoms with Gasteiger partial charge < -0.3 is 14.8 Å². The average Bonchev–Trinajstić information content (AvgIpc) is 2.47. The number of hydrogen-bond donors (Lipinski definition) is 1. The molecule has 2 atom stereocenters. The minimum absolute atomic E-state index is 0.142. The van der Waals surface area contributed by atoms with Crippen LogP contribution < -0.4 is 5.32 Å². The molecule has 1 saturated carbocycles. The van der Waals surface area contributed by atoms with Crippen LogP contribution >= 0.6 is 0 Å². The van der Waals surface area contributed by atoms with E-state index in [4.69, 9.17) is 4.74 Å². The van der Waals surface area contributed by atoms with Crippen LogP contribution in [-0.2, 0) is 16.1 Å². The highest BCUT2D eigenvalue weighted by Crippen LogP contribution is 2.25. The first-order valence-corrected chi connectivity index (χ1v) is 6.73. The van der Waals surface area contributed by atoms with Crippen molar-refractivity contribution < 1.29 is 14.3 Å². The molecule has 0 aliphatic heterocycles. The molecule has 1 aliphatic rings. The molecule has 0 radical (unpaired) electrons. The maximum Gasteiger partial charge on any atom is 0.407 e. The van der Waals surface area contributed by atoms with Crippen LogP contribution in [-0.4, -0.2) is 18.5 Å². The summed E-state index contributed by atoms with van der Waals surface area (Å²) in [5, 5.41) is 2.71. The smallest absolute Gasteiger partial charge is 0.407 e. The molecule has 4 heteroatoms. The van der Waals surface area contributed by atoms with Crippen LogP contribution in [0, 0.1) is 5.92 Å². The molecular weight excluding hydrogens is 242 g/mol. The lowest BCUT2D eigenvalue weighted by Crippen LogP contribution is -2.35. The van der Waals surface area contributed by atoms with Gasteiger partial charge in [0.1, 0.15) is 12.4 Å². The Bertz CT molecular complexity index is 419. The summed E-state index contributed by atoms with van der Waals surface area (Å²) >= 11 is 0. The average molecular weight is 261 g/mol. The van der Waals surface area contributed by atoms with Crippen molar-refractivity contribution in [2.24, 2.45) is 5.92 Å². The Morgan fingerprint density at radius 3 is 2.74 bits per heavy atom. The maximum absolute atomic E-state index is 11.7. The predicted molar refractivity (Wildman–Crippen MR) is 71.6 cm³/mol. The topological polar surface area (TPSA) is 55.4 Å². The van der Waals surface area contributed by atoms with Gasteiger partial charge >= 0.3 is 6.09 Å². The van der Waals surface area contributed by atoms with E-state index in [1.807, 2.05) is 30.3 Å². The summed E-state index contributed by atoms with van der Waals surface area (Å²) in [6, 6.07) is 9.65. The van der Waals surface area contributed by atoms with Crippen molar-refractivity contribution in [3.8, 4) is 0 Å². The zero-order chi connectivity index (χ0) is 13.5. The summed E-state index contributed by atoms with van der Waals surface area (Å²) in [6.45, 7) is 0.443. The fourth-order valence-corrected chi connectivity index (χ4v) is 2.38. The summed E-state index contributed by atoms with van der Waals surface area (Å²) in [6.07, 6.45) is 3.86. The molecule has 1 aromatic carbocycles. The number of alkyl carbamates (subject to hydrolysis) is 1. The SMILES string of the molecule is O=C[C@@H]1CCCC[C@H]1OC(=O)NCc1ccccc1. The van der Waals surface area contributed by atoms with Gasteiger partial charge in [-0.3, -0.25) is 0 Å². The maximum atomic E-state index is 11.7. The second-order valence-electron chi connectivity index (χ2n) is 4.87. The molecule has 2 rings (SSSR count). The molecule has 0 bridgehead atoms. The Morgan fingerprint density at radius 2 is 2.00 bits per heavy atom. The van der Waals surface area contributed by atoms with Gasteiger partial charge in [0.05, 0.1) is 5.92 Å². The minimum Gasteiger partial charge on any atom is -0.445 e. The number of carbonyl (C=O) groups excluding carboxylic acids is 2. The van der Waals surface area contributed by atoms with Crippen LogP contribution in [0.4, 0.5) is 4.79 Å². The highest BCUT2D eigenvalue weighted by molar-refractivity contribution is 5.68. The molecule has 4 nitrogen and oxygen atoms in total. The second-order valence-corrected chi connectivity index (χ2v) is 4.87. The van der Waals surface area contributed by atoms with E-state index in [1.54, 1.807) is 0 Å². The third-order valence-corrected chi connectivity index (χ3v) is 3.47. The van der Waals surface area contributed by atoms with Gasteiger partial charge in [0.15, 0.2) is 0 Å². The molecule has 0 spiro atoms. The van der Waals surface area contributed by atoms with E-state index in [0.29, 0.717) is 6.54 Å². The van der Waals surface area contributed by atoms with Gasteiger partial charge in [-0.2, -0.15) is 0 Å². The van der Waals surface area contributed by atoms with Crippen molar-refractivity contribution in [1.29, 1.82) is 0 Å². The van der Waals surface area contributed by atoms with Crippen molar-refractivity contribution in [3.05, 3.63) is 35.9 Å². The number of hydrogen-bond acceptors (Lipinski definition) is 3. The van der Waals surface area contributed by atoms with Gasteiger partial charge in [0.2, 0.25) is 0 Å². The molecule has 0 aromatic heterocycles. The molecule has 1 N–H and O–H groups in total. The zero-order valence-electron chi connectivity index (χ0n) is 10.9. The Labute approximate surface area is 113 Å². The Kier molecular flexibility index (Phi) is 4.95. The van der Waals surface area contributed by atoms with Crippen molar-refractivity contribution in [2.45, 2.75) is 38.3 Å². The van der Waals surface area contributed by atoms with E-state index in [9.17, 15) is 9.59 Å². The molecule has 0 heterocycles. The molecule has 1 aliphatic carbocycles. The number of ether oxygens (including phenoxy) is 1. The van der Waals surface area contributed by atoms with Gasteiger partial charge in [-0.05, 0) is 24.8 Å². The van der Waals surface area contributed by atoms with Gasteiger partial charge in [-0.15, -0.1) is 0 Å². The highest BCUT2D eigenvalue weighted by atomic mass is 16.6. The van der Waals surface area contributed by atoms with Gasteiger partial charge in [0, 0.05) is 6.54 Å². The van der Waals surface area contributed by atoms with E-state index in [2.05, 4.69) is 5.32 Å². The third-order valence-electron chi connectivity index (χ3n) is 3.47. The summed E-state index contributed by atoms with van der Waals surface area (Å²) in [4.78, 5) is 22.6. The van der Waals surface area contributed by atoms with Crippen LogP contribution in [0.1, 0.15) is 31.2 Å². The van der Waals surface area contributed by atoms with E-state index < -0.39 is 6.09 Å². The number of aldehydes is 1. The molecule has 102 valence electrons. The fraction of sp³-hybridized carbons (Fsp3) is 0.467. The summed E-state index contributed by atoms with van der Waals surface area (Å²) in [5.74, 6) is -0.142. The van der Waals surface area contributed by atoms with Crippen LogP contribution in [0.3, 0.4) is 0 Å². The molecule has 0 saturated heterocycles. The van der Waals surface area contributed by atoms with E-state index in [1.165, 1.54) is 0 Å². The van der Waals surface area contributed by atoms with Crippen molar-refractivity contribution in [2.75, 3.05) is 0 Å². The normalized spacial score (nSPS) is 22.5. The highest BCUT2D eigenvalue weighted by Gasteiger charge is 2.27. The van der Waals surface area contributed by atoms with E-state index in [0.717, 1.165) is 37.5 Å². The predicted octanol–water partition coefficient (Wildman–Crippen LogP) is 2.67. The van der Waals surface area contributed by atoms with Gasteiger partial charge in [-0.1, -0.05) is 36.8 Å². The fourth-order valence-electron chi connectivity index (χ4n) is 2.38. The lowest BCUT2D eigenvalue weighted by molar-refractivity contribution is -0.115. The summed E-state index contributed by atoms with van der Waals surface area (Å²) < 4.78 is 5.34. The number of rotatable bonds is 4. The number of benzene rings is 1. The first-order valence-electron chi connectivity index (χ1n) is 6.73. The molecule has 0 unspecified atom stereocenters. The lowest BCUT2D eigenvalue weighted by atomic mass is 9.87. The molecule has 19 heavy (non-hydrogen) atoms. The van der Waals surface area contributed by atoms with Crippen LogP contribution in [0.25, 0.3) is 0 Å². The van der Waals surface area contributed by atoms with Gasteiger partial charge in [-0.25, -0.2) is 4.79 Å². The third kappa shape index (κ3) is 4.09. The quantitative estimate of drug-likeness (QED) is 0.848. The Morgan fingerprint density at radius 1 is 1.26 bits per heavy atom. The minimum atomic E-state index is -0.442. The zero-order valence-corrected chi connectivity index (χ0v) is 10.9. The lowest BCUT2D eigenvalue weighted by Gasteiger charge is -2.27. The van der Waals surface area contributed by atoms with Crippen molar-refractivity contribution in [3.63, 3.8) is 0 Å². The van der Waals surface area contributed by atoms with Crippen LogP contribution in [0.15, 0.2) is 30.3 Å². The first kappa shape index (κ1) is 13.6. The number of nitrogens with one attached hydrogen (secondary N) is 1. The van der Waals surface area contributed by atoms with E-state index in [-0.39, 0.29) is 12.0 Å².